The highest BCUT2D eigenvalue weighted by molar-refractivity contribution is 4.80. The van der Waals surface area contributed by atoms with Gasteiger partial charge in [-0.05, 0) is 19.8 Å². The number of halogens is 2. The molecule has 0 N–H and O–H groups in total. The van der Waals surface area contributed by atoms with Crippen LogP contribution >= 0.6 is 0 Å². The summed E-state index contributed by atoms with van der Waals surface area (Å²) in [5.74, 6) is -2.33. The highest BCUT2D eigenvalue weighted by Gasteiger charge is 2.35. The first-order chi connectivity index (χ1) is 5.91. The second kappa shape index (κ2) is 3.91. The molecule has 0 aromatic heterocycles. The molecular weight excluding hydrogens is 172 g/mol. The van der Waals surface area contributed by atoms with Crippen molar-refractivity contribution in [3.63, 3.8) is 0 Å². The number of nitrogens with zero attached hydrogens (tertiary/aromatic N) is 1. The number of likely N-dealkylation sites (tertiary alicyclic amines) is 1. The van der Waals surface area contributed by atoms with E-state index in [0.717, 1.165) is 6.54 Å². The fraction of sp³-hybridized carbons (Fsp3) is 1.00. The van der Waals surface area contributed by atoms with Crippen molar-refractivity contribution in [1.29, 1.82) is 0 Å². The quantitative estimate of drug-likeness (QED) is 0.616. The summed E-state index contributed by atoms with van der Waals surface area (Å²) >= 11 is 0. The van der Waals surface area contributed by atoms with Gasteiger partial charge in [-0.2, -0.15) is 0 Å². The first kappa shape index (κ1) is 10.9. The van der Waals surface area contributed by atoms with E-state index in [1.807, 2.05) is 6.92 Å². The first-order valence-electron chi connectivity index (χ1n) is 5.02. The van der Waals surface area contributed by atoms with Gasteiger partial charge in [-0.25, -0.2) is 8.78 Å². The van der Waals surface area contributed by atoms with Crippen LogP contribution in [0.1, 0.15) is 33.6 Å². The number of hydrogen-bond donors (Lipinski definition) is 0. The zero-order valence-electron chi connectivity index (χ0n) is 8.69. The van der Waals surface area contributed by atoms with Gasteiger partial charge >= 0.3 is 0 Å². The third-order valence-electron chi connectivity index (χ3n) is 2.69. The Morgan fingerprint density at radius 1 is 1.38 bits per heavy atom. The maximum atomic E-state index is 13.1. The normalized spacial score (nSPS) is 30.5. The van der Waals surface area contributed by atoms with Crippen LogP contribution in [0.3, 0.4) is 0 Å². The minimum absolute atomic E-state index is 0.0233. The average Bonchev–Trinajstić information content (AvgIpc) is 2.07. The molecule has 1 fully saturated rings. The van der Waals surface area contributed by atoms with E-state index < -0.39 is 5.92 Å². The Balaban J connectivity index is 2.58. The molecule has 1 aliphatic rings. The lowest BCUT2D eigenvalue weighted by Crippen LogP contribution is -2.34. The van der Waals surface area contributed by atoms with Crippen molar-refractivity contribution in [2.24, 2.45) is 5.92 Å². The Kier molecular flexibility index (Phi) is 3.28. The molecule has 0 radical (unpaired) electrons. The monoisotopic (exact) mass is 191 g/mol. The molecule has 1 saturated heterocycles. The minimum Gasteiger partial charge on any atom is -0.300 e. The number of rotatable bonds is 1. The molecule has 3 heteroatoms. The van der Waals surface area contributed by atoms with E-state index in [-0.39, 0.29) is 18.8 Å². The van der Waals surface area contributed by atoms with Crippen LogP contribution in [-0.4, -0.2) is 30.0 Å². The smallest absolute Gasteiger partial charge is 0.249 e. The van der Waals surface area contributed by atoms with Gasteiger partial charge in [-0.1, -0.05) is 6.92 Å². The summed E-state index contributed by atoms with van der Waals surface area (Å²) in [6.45, 7) is 7.39. The Hall–Kier alpha value is -0.180. The third-order valence-corrected chi connectivity index (χ3v) is 2.69. The summed E-state index contributed by atoms with van der Waals surface area (Å²) in [5.41, 5.74) is 0. The van der Waals surface area contributed by atoms with E-state index in [1.54, 1.807) is 0 Å². The summed E-state index contributed by atoms with van der Waals surface area (Å²) in [4.78, 5) is 2.14. The van der Waals surface area contributed by atoms with Gasteiger partial charge in [0.25, 0.3) is 0 Å². The van der Waals surface area contributed by atoms with E-state index >= 15 is 0 Å². The van der Waals surface area contributed by atoms with Crippen LogP contribution in [0.25, 0.3) is 0 Å². The standard InChI is InChI=1S/C10H19F2N/c1-8(2)13-5-4-10(11,12)6-9(3)7-13/h8-9H,4-7H2,1-3H3. The lowest BCUT2D eigenvalue weighted by molar-refractivity contribution is -0.0210. The lowest BCUT2D eigenvalue weighted by Gasteiger charge is -2.25. The van der Waals surface area contributed by atoms with Crippen LogP contribution in [0.2, 0.25) is 0 Å². The fourth-order valence-electron chi connectivity index (χ4n) is 1.94. The van der Waals surface area contributed by atoms with Crippen LogP contribution in [0.5, 0.6) is 0 Å². The Morgan fingerprint density at radius 2 is 2.00 bits per heavy atom. The van der Waals surface area contributed by atoms with Crippen LogP contribution in [0, 0.1) is 5.92 Å². The van der Waals surface area contributed by atoms with E-state index in [1.165, 1.54) is 0 Å². The lowest BCUT2D eigenvalue weighted by atomic mass is 10.0. The summed E-state index contributed by atoms with van der Waals surface area (Å²) in [6, 6.07) is 0.386. The molecular formula is C10H19F2N. The van der Waals surface area contributed by atoms with Crippen molar-refractivity contribution in [2.45, 2.75) is 45.6 Å². The van der Waals surface area contributed by atoms with Gasteiger partial charge in [0.2, 0.25) is 5.92 Å². The third kappa shape index (κ3) is 3.22. The molecule has 0 saturated carbocycles. The number of hydrogen-bond acceptors (Lipinski definition) is 1. The van der Waals surface area contributed by atoms with Crippen molar-refractivity contribution >= 4 is 0 Å². The second-order valence-corrected chi connectivity index (χ2v) is 4.50. The minimum atomic E-state index is -2.44. The van der Waals surface area contributed by atoms with Crippen LogP contribution < -0.4 is 0 Å². The van der Waals surface area contributed by atoms with Gasteiger partial charge < -0.3 is 4.90 Å². The average molecular weight is 191 g/mol. The van der Waals surface area contributed by atoms with E-state index in [2.05, 4.69) is 18.7 Å². The molecule has 0 bridgehead atoms. The second-order valence-electron chi connectivity index (χ2n) is 4.50. The molecule has 1 aliphatic heterocycles. The van der Waals surface area contributed by atoms with Gasteiger partial charge in [-0.15, -0.1) is 0 Å². The molecule has 78 valence electrons. The molecule has 1 heterocycles. The molecule has 1 rings (SSSR count). The van der Waals surface area contributed by atoms with Crippen molar-refractivity contribution in [2.75, 3.05) is 13.1 Å². The van der Waals surface area contributed by atoms with Crippen LogP contribution in [0.15, 0.2) is 0 Å². The summed E-state index contributed by atoms with van der Waals surface area (Å²) in [7, 11) is 0. The van der Waals surface area contributed by atoms with Crippen molar-refractivity contribution in [3.8, 4) is 0 Å². The van der Waals surface area contributed by atoms with E-state index in [4.69, 9.17) is 0 Å². The van der Waals surface area contributed by atoms with Gasteiger partial charge in [-0.3, -0.25) is 0 Å². The van der Waals surface area contributed by atoms with Crippen molar-refractivity contribution in [1.82, 2.24) is 4.90 Å². The largest absolute Gasteiger partial charge is 0.300 e. The number of alkyl halides is 2. The molecule has 0 amide bonds. The van der Waals surface area contributed by atoms with Gasteiger partial charge in [0, 0.05) is 32.0 Å². The SMILES string of the molecule is CC1CN(C(C)C)CCC(F)(F)C1. The molecule has 1 nitrogen and oxygen atoms in total. The zero-order valence-corrected chi connectivity index (χ0v) is 8.69. The molecule has 13 heavy (non-hydrogen) atoms. The van der Waals surface area contributed by atoms with Crippen molar-refractivity contribution < 1.29 is 8.78 Å². The molecule has 0 aromatic rings. The van der Waals surface area contributed by atoms with Crippen LogP contribution in [-0.2, 0) is 0 Å². The maximum Gasteiger partial charge on any atom is 0.249 e. The van der Waals surface area contributed by atoms with Gasteiger partial charge in [0.15, 0.2) is 0 Å². The maximum absolute atomic E-state index is 13.1. The molecule has 0 aromatic carbocycles. The van der Waals surface area contributed by atoms with Crippen molar-refractivity contribution in [3.05, 3.63) is 0 Å². The molecule has 0 aliphatic carbocycles. The molecule has 0 spiro atoms. The molecule has 1 atom stereocenters. The highest BCUT2D eigenvalue weighted by atomic mass is 19.3. The Morgan fingerprint density at radius 3 is 2.54 bits per heavy atom. The zero-order chi connectivity index (χ0) is 10.1. The predicted octanol–water partition coefficient (Wildman–Crippen LogP) is 2.76. The fourth-order valence-corrected chi connectivity index (χ4v) is 1.94. The van der Waals surface area contributed by atoms with E-state index in [9.17, 15) is 8.78 Å². The Bertz CT molecular complexity index is 168. The van der Waals surface area contributed by atoms with E-state index in [0.29, 0.717) is 12.6 Å². The summed E-state index contributed by atoms with van der Waals surface area (Å²) in [5, 5.41) is 0. The summed E-state index contributed by atoms with van der Waals surface area (Å²) in [6.07, 6.45) is 0.0751. The summed E-state index contributed by atoms with van der Waals surface area (Å²) < 4.78 is 26.2. The van der Waals surface area contributed by atoms with Crippen LogP contribution in [0.4, 0.5) is 8.78 Å². The highest BCUT2D eigenvalue weighted by Crippen LogP contribution is 2.31. The van der Waals surface area contributed by atoms with Gasteiger partial charge in [0.1, 0.15) is 0 Å². The Labute approximate surface area is 79.1 Å². The predicted molar refractivity (Wildman–Crippen MR) is 50.1 cm³/mol. The topological polar surface area (TPSA) is 3.24 Å². The van der Waals surface area contributed by atoms with Gasteiger partial charge in [0.05, 0.1) is 0 Å². The first-order valence-corrected chi connectivity index (χ1v) is 5.02. The molecule has 1 unspecified atom stereocenters.